The molecule has 3 heterocycles. The number of nitrogens with zero attached hydrogens (tertiary/aromatic N) is 4. The van der Waals surface area contributed by atoms with Crippen LogP contribution in [0.5, 0.6) is 0 Å². The van der Waals surface area contributed by atoms with Crippen molar-refractivity contribution in [3.63, 3.8) is 0 Å². The van der Waals surface area contributed by atoms with Crippen molar-refractivity contribution < 1.29 is 4.79 Å². The summed E-state index contributed by atoms with van der Waals surface area (Å²) in [5, 5.41) is 5.33. The van der Waals surface area contributed by atoms with Gasteiger partial charge >= 0.3 is 0 Å². The van der Waals surface area contributed by atoms with Crippen LogP contribution in [-0.4, -0.2) is 25.4 Å². The zero-order chi connectivity index (χ0) is 16.4. The molecular formula is C17H13N5OS. The molecule has 0 aliphatic carbocycles. The lowest BCUT2D eigenvalue weighted by Gasteiger charge is -2.04. The average molecular weight is 335 g/mol. The lowest BCUT2D eigenvalue weighted by atomic mass is 10.2. The quantitative estimate of drug-likeness (QED) is 0.621. The first kappa shape index (κ1) is 14.5. The molecule has 24 heavy (non-hydrogen) atoms. The number of hydrogen-bond acceptors (Lipinski definition) is 5. The predicted molar refractivity (Wildman–Crippen MR) is 93.7 cm³/mol. The number of aromatic nitrogens is 4. The Balaban J connectivity index is 1.48. The fraction of sp³-hybridized carbons (Fsp3) is 0.0588. The highest BCUT2D eigenvalue weighted by molar-refractivity contribution is 7.14. The lowest BCUT2D eigenvalue weighted by molar-refractivity contribution is -0.116. The number of amides is 1. The highest BCUT2D eigenvalue weighted by Gasteiger charge is 2.10. The van der Waals surface area contributed by atoms with Crippen LogP contribution in [0.3, 0.4) is 0 Å². The number of anilines is 1. The molecule has 1 amide bonds. The van der Waals surface area contributed by atoms with Gasteiger partial charge in [-0.15, -0.1) is 11.3 Å². The van der Waals surface area contributed by atoms with E-state index in [-0.39, 0.29) is 12.5 Å². The van der Waals surface area contributed by atoms with Crippen molar-refractivity contribution in [2.45, 2.75) is 6.54 Å². The lowest BCUT2D eigenvalue weighted by Crippen LogP contribution is -2.18. The van der Waals surface area contributed by atoms with E-state index in [0.717, 1.165) is 22.3 Å². The van der Waals surface area contributed by atoms with Gasteiger partial charge in [-0.25, -0.2) is 9.97 Å². The van der Waals surface area contributed by atoms with Crippen molar-refractivity contribution >= 4 is 33.4 Å². The molecule has 1 N–H and O–H groups in total. The van der Waals surface area contributed by atoms with Gasteiger partial charge in [0.15, 0.2) is 5.13 Å². The summed E-state index contributed by atoms with van der Waals surface area (Å²) in [4.78, 5) is 25.0. The summed E-state index contributed by atoms with van der Waals surface area (Å²) < 4.78 is 1.82. The van der Waals surface area contributed by atoms with E-state index in [9.17, 15) is 4.79 Å². The molecule has 4 aromatic rings. The Labute approximate surface area is 141 Å². The predicted octanol–water partition coefficient (Wildman–Crippen LogP) is 3.19. The average Bonchev–Trinajstić information content (AvgIpc) is 3.23. The van der Waals surface area contributed by atoms with Crippen LogP contribution in [0, 0.1) is 0 Å². The van der Waals surface area contributed by atoms with E-state index in [1.54, 1.807) is 18.7 Å². The third-order valence-corrected chi connectivity index (χ3v) is 4.33. The largest absolute Gasteiger partial charge is 0.321 e. The van der Waals surface area contributed by atoms with E-state index in [0.29, 0.717) is 5.13 Å². The first-order chi connectivity index (χ1) is 11.8. The highest BCUT2D eigenvalue weighted by Crippen LogP contribution is 2.24. The van der Waals surface area contributed by atoms with E-state index in [1.165, 1.54) is 11.3 Å². The van der Waals surface area contributed by atoms with Gasteiger partial charge in [0.05, 0.1) is 23.1 Å². The Bertz CT molecular complexity index is 992. The second kappa shape index (κ2) is 6.21. The summed E-state index contributed by atoms with van der Waals surface area (Å²) in [6.45, 7) is 0.199. The first-order valence-electron chi connectivity index (χ1n) is 7.35. The van der Waals surface area contributed by atoms with Gasteiger partial charge in [0.25, 0.3) is 0 Å². The topological polar surface area (TPSA) is 72.7 Å². The van der Waals surface area contributed by atoms with Crippen LogP contribution in [0.4, 0.5) is 5.13 Å². The number of thiazole rings is 1. The molecule has 0 unspecified atom stereocenters. The van der Waals surface area contributed by atoms with E-state index in [4.69, 9.17) is 0 Å². The zero-order valence-electron chi connectivity index (χ0n) is 12.6. The van der Waals surface area contributed by atoms with Crippen LogP contribution in [0.25, 0.3) is 22.3 Å². The number of para-hydroxylation sites is 2. The maximum Gasteiger partial charge on any atom is 0.246 e. The number of carbonyl (C=O) groups is 1. The summed E-state index contributed by atoms with van der Waals surface area (Å²) in [5.74, 6) is -0.131. The molecule has 7 heteroatoms. The summed E-state index contributed by atoms with van der Waals surface area (Å²) in [6, 6.07) is 11.5. The minimum Gasteiger partial charge on any atom is -0.321 e. The minimum absolute atomic E-state index is 0.131. The Kier molecular flexibility index (Phi) is 3.76. The highest BCUT2D eigenvalue weighted by atomic mass is 32.1. The number of rotatable bonds is 4. The van der Waals surface area contributed by atoms with Crippen LogP contribution >= 0.6 is 11.3 Å². The number of pyridine rings is 1. The summed E-state index contributed by atoms with van der Waals surface area (Å²) >= 11 is 1.40. The maximum atomic E-state index is 12.3. The second-order valence-corrected chi connectivity index (χ2v) is 6.04. The van der Waals surface area contributed by atoms with Gasteiger partial charge in [0.1, 0.15) is 6.54 Å². The van der Waals surface area contributed by atoms with E-state index < -0.39 is 0 Å². The molecule has 118 valence electrons. The van der Waals surface area contributed by atoms with Crippen molar-refractivity contribution in [2.24, 2.45) is 0 Å². The van der Waals surface area contributed by atoms with Crippen molar-refractivity contribution in [1.29, 1.82) is 0 Å². The van der Waals surface area contributed by atoms with Crippen molar-refractivity contribution in [2.75, 3.05) is 5.32 Å². The van der Waals surface area contributed by atoms with Crippen LogP contribution < -0.4 is 5.32 Å². The number of imidazole rings is 1. The van der Waals surface area contributed by atoms with E-state index in [1.807, 2.05) is 46.3 Å². The van der Waals surface area contributed by atoms with Crippen molar-refractivity contribution in [1.82, 2.24) is 19.5 Å². The molecular weight excluding hydrogens is 322 g/mol. The molecule has 0 fully saturated rings. The fourth-order valence-corrected chi connectivity index (χ4v) is 3.17. The smallest absolute Gasteiger partial charge is 0.246 e. The minimum atomic E-state index is -0.131. The van der Waals surface area contributed by atoms with E-state index in [2.05, 4.69) is 20.3 Å². The van der Waals surface area contributed by atoms with Gasteiger partial charge in [-0.2, -0.15) is 0 Å². The molecule has 6 nitrogen and oxygen atoms in total. The van der Waals surface area contributed by atoms with Gasteiger partial charge in [0, 0.05) is 23.3 Å². The van der Waals surface area contributed by atoms with E-state index >= 15 is 0 Å². The van der Waals surface area contributed by atoms with Crippen LogP contribution in [0.15, 0.2) is 60.5 Å². The standard InChI is InChI=1S/C17H13N5OS/c23-16(9-22-11-19-13-3-1-2-4-15(13)22)21-17-20-14(10-24-17)12-5-7-18-8-6-12/h1-8,10-11H,9H2,(H,20,21,23). The van der Waals surface area contributed by atoms with Crippen LogP contribution in [-0.2, 0) is 11.3 Å². The third-order valence-electron chi connectivity index (χ3n) is 3.57. The van der Waals surface area contributed by atoms with Crippen molar-refractivity contribution in [3.05, 3.63) is 60.5 Å². The molecule has 1 aromatic carbocycles. The first-order valence-corrected chi connectivity index (χ1v) is 8.23. The normalized spacial score (nSPS) is 10.8. The molecule has 0 aliphatic heterocycles. The SMILES string of the molecule is O=C(Cn1cnc2ccccc21)Nc1nc(-c2ccncc2)cs1. The molecule has 0 aliphatic rings. The van der Waals surface area contributed by atoms with Gasteiger partial charge in [-0.05, 0) is 24.3 Å². The number of hydrogen-bond donors (Lipinski definition) is 1. The molecule has 0 bridgehead atoms. The Morgan fingerprint density at radius 1 is 1.17 bits per heavy atom. The Morgan fingerprint density at radius 3 is 2.88 bits per heavy atom. The Hall–Kier alpha value is -3.06. The van der Waals surface area contributed by atoms with Gasteiger partial charge < -0.3 is 9.88 Å². The zero-order valence-corrected chi connectivity index (χ0v) is 13.4. The van der Waals surface area contributed by atoms with Crippen LogP contribution in [0.2, 0.25) is 0 Å². The number of carbonyl (C=O) groups excluding carboxylic acids is 1. The molecule has 0 atom stereocenters. The Morgan fingerprint density at radius 2 is 2.00 bits per heavy atom. The van der Waals surface area contributed by atoms with Crippen LogP contribution in [0.1, 0.15) is 0 Å². The molecule has 0 radical (unpaired) electrons. The summed E-state index contributed by atoms with van der Waals surface area (Å²) in [6.07, 6.45) is 5.11. The summed E-state index contributed by atoms with van der Waals surface area (Å²) in [7, 11) is 0. The maximum absolute atomic E-state index is 12.3. The molecule has 0 saturated carbocycles. The van der Waals surface area contributed by atoms with Gasteiger partial charge in [0.2, 0.25) is 5.91 Å². The molecule has 3 aromatic heterocycles. The molecule has 0 spiro atoms. The monoisotopic (exact) mass is 335 g/mol. The fourth-order valence-electron chi connectivity index (χ4n) is 2.44. The molecule has 4 rings (SSSR count). The number of fused-ring (bicyclic) bond motifs is 1. The van der Waals surface area contributed by atoms with Crippen molar-refractivity contribution in [3.8, 4) is 11.3 Å². The number of benzene rings is 1. The molecule has 0 saturated heterocycles. The third kappa shape index (κ3) is 2.89. The van der Waals surface area contributed by atoms with Gasteiger partial charge in [-0.3, -0.25) is 9.78 Å². The van der Waals surface area contributed by atoms with Gasteiger partial charge in [-0.1, -0.05) is 12.1 Å². The summed E-state index contributed by atoms with van der Waals surface area (Å²) in [5.41, 5.74) is 3.61. The number of nitrogens with one attached hydrogen (secondary N) is 1. The second-order valence-electron chi connectivity index (χ2n) is 5.18.